The van der Waals surface area contributed by atoms with Crippen LogP contribution in [0.15, 0.2) is 206 Å². The van der Waals surface area contributed by atoms with E-state index in [0.29, 0.717) is 5.82 Å². The number of rotatable bonds is 7. The molecule has 0 saturated heterocycles. The maximum Gasteiger partial charge on any atom is 0.160 e. The molecule has 0 fully saturated rings. The molecule has 2 aromatic heterocycles. The normalized spacial score (nSPS) is 11.3. The molecule has 0 N–H and O–H groups in total. The Bertz CT molecular complexity index is 2880. The van der Waals surface area contributed by atoms with Gasteiger partial charge in [-0.1, -0.05) is 164 Å². The predicted octanol–water partition coefficient (Wildman–Crippen LogP) is 14.5. The molecule has 2 heterocycles. The highest BCUT2D eigenvalue weighted by atomic mass is 32.1. The van der Waals surface area contributed by atoms with Crippen LogP contribution in [0.1, 0.15) is 0 Å². The molecule has 0 bridgehead atoms. The molecule has 0 aliphatic heterocycles. The van der Waals surface area contributed by atoms with Crippen LogP contribution in [0.4, 0.5) is 0 Å². The summed E-state index contributed by atoms with van der Waals surface area (Å²) in [5.74, 6) is 0.708. The second-order valence-electron chi connectivity index (χ2n) is 13.8. The van der Waals surface area contributed by atoms with Gasteiger partial charge in [0.05, 0.1) is 15.9 Å². The van der Waals surface area contributed by atoms with Crippen molar-refractivity contribution in [3.05, 3.63) is 206 Å². The van der Waals surface area contributed by atoms with Crippen molar-refractivity contribution >= 4 is 31.6 Å². The molecule has 10 aromatic rings. The first-order valence-corrected chi connectivity index (χ1v) is 19.4. The first-order valence-electron chi connectivity index (χ1n) is 18.6. The van der Waals surface area contributed by atoms with Crippen molar-refractivity contribution in [3.63, 3.8) is 0 Å². The van der Waals surface area contributed by atoms with Crippen molar-refractivity contribution in [2.45, 2.75) is 0 Å². The topological polar surface area (TPSA) is 25.8 Å². The zero-order chi connectivity index (χ0) is 36.6. The molecule has 0 radical (unpaired) electrons. The van der Waals surface area contributed by atoms with Crippen LogP contribution in [-0.4, -0.2) is 9.97 Å². The third kappa shape index (κ3) is 6.41. The summed E-state index contributed by atoms with van der Waals surface area (Å²) < 4.78 is 2.30. The van der Waals surface area contributed by atoms with E-state index in [1.54, 1.807) is 11.3 Å². The number of aromatic nitrogens is 2. The van der Waals surface area contributed by atoms with Gasteiger partial charge in [0.1, 0.15) is 0 Å². The number of nitrogens with zero attached hydrogens (tertiary/aromatic N) is 2. The zero-order valence-electron chi connectivity index (χ0n) is 29.9. The van der Waals surface area contributed by atoms with Crippen molar-refractivity contribution in [1.82, 2.24) is 9.97 Å². The highest BCUT2D eigenvalue weighted by Crippen LogP contribution is 2.42. The summed E-state index contributed by atoms with van der Waals surface area (Å²) in [6.07, 6.45) is 0. The monoisotopic (exact) mass is 718 g/mol. The van der Waals surface area contributed by atoms with Gasteiger partial charge in [0, 0.05) is 21.2 Å². The summed E-state index contributed by atoms with van der Waals surface area (Å²) >= 11 is 1.76. The SMILES string of the molecule is c1ccc(-c2ccc(-c3nc(-c4cc(-c5ccccc5)cc(-c5cc(-c6ccccc6)cc(-c6ccccc6)c5)c4)nc4c3sc3ccccc34)cc2)cc1. The average Bonchev–Trinajstić information content (AvgIpc) is 3.66. The average molecular weight is 719 g/mol. The van der Waals surface area contributed by atoms with Crippen LogP contribution in [0.25, 0.3) is 98.6 Å². The molecule has 0 aliphatic rings. The minimum atomic E-state index is 0.708. The zero-order valence-corrected chi connectivity index (χ0v) is 30.7. The molecular weight excluding hydrogens is 685 g/mol. The molecule has 55 heavy (non-hydrogen) atoms. The van der Waals surface area contributed by atoms with E-state index in [2.05, 4.69) is 206 Å². The third-order valence-electron chi connectivity index (χ3n) is 10.3. The second kappa shape index (κ2) is 14.1. The smallest absolute Gasteiger partial charge is 0.160 e. The van der Waals surface area contributed by atoms with E-state index in [0.717, 1.165) is 54.7 Å². The predicted molar refractivity (Wildman–Crippen MR) is 233 cm³/mol. The van der Waals surface area contributed by atoms with Crippen molar-refractivity contribution in [2.24, 2.45) is 0 Å². The summed E-state index contributed by atoms with van der Waals surface area (Å²) in [6.45, 7) is 0. The summed E-state index contributed by atoms with van der Waals surface area (Å²) in [7, 11) is 0. The lowest BCUT2D eigenvalue weighted by Crippen LogP contribution is -1.95. The Kier molecular flexibility index (Phi) is 8.40. The van der Waals surface area contributed by atoms with E-state index < -0.39 is 0 Å². The van der Waals surface area contributed by atoms with Crippen LogP contribution in [-0.2, 0) is 0 Å². The van der Waals surface area contributed by atoms with E-state index in [9.17, 15) is 0 Å². The van der Waals surface area contributed by atoms with Crippen LogP contribution in [0.3, 0.4) is 0 Å². The molecule has 0 aliphatic carbocycles. The molecule has 258 valence electrons. The minimum absolute atomic E-state index is 0.708. The highest BCUT2D eigenvalue weighted by Gasteiger charge is 2.18. The van der Waals surface area contributed by atoms with Crippen molar-refractivity contribution in [1.29, 1.82) is 0 Å². The molecular formula is C52H34N2S. The fraction of sp³-hybridized carbons (Fsp3) is 0. The van der Waals surface area contributed by atoms with Gasteiger partial charge in [-0.25, -0.2) is 9.97 Å². The number of hydrogen-bond acceptors (Lipinski definition) is 3. The standard InChI is InChI=1S/C52H34N2S/c1-5-15-35(16-6-1)39-25-27-40(28-26-39)49-51-50(47-23-13-14-24-48(47)55-51)54-52(53-49)46-33-43(38-21-11-4-12-22-38)32-45(34-46)44-30-41(36-17-7-2-8-18-36)29-42(31-44)37-19-9-3-10-20-37/h1-34H. The maximum atomic E-state index is 5.44. The maximum absolute atomic E-state index is 5.44. The second-order valence-corrected chi connectivity index (χ2v) is 14.9. The fourth-order valence-electron chi connectivity index (χ4n) is 7.48. The largest absolute Gasteiger partial charge is 0.226 e. The summed E-state index contributed by atoms with van der Waals surface area (Å²) in [5.41, 5.74) is 15.6. The molecule has 3 heteroatoms. The van der Waals surface area contributed by atoms with E-state index in [1.807, 2.05) is 0 Å². The van der Waals surface area contributed by atoms with Crippen LogP contribution >= 0.6 is 11.3 Å². The van der Waals surface area contributed by atoms with Gasteiger partial charge >= 0.3 is 0 Å². The Labute approximate surface area is 324 Å². The summed E-state index contributed by atoms with van der Waals surface area (Å²) in [5, 5.41) is 1.15. The molecule has 2 nitrogen and oxygen atoms in total. The number of benzene rings is 8. The van der Waals surface area contributed by atoms with Gasteiger partial charge < -0.3 is 0 Å². The molecule has 0 atom stereocenters. The molecule has 0 amide bonds. The highest BCUT2D eigenvalue weighted by molar-refractivity contribution is 7.26. The Morgan fingerprint density at radius 2 is 0.655 bits per heavy atom. The van der Waals surface area contributed by atoms with Gasteiger partial charge in [-0.15, -0.1) is 11.3 Å². The minimum Gasteiger partial charge on any atom is -0.226 e. The third-order valence-corrected chi connectivity index (χ3v) is 11.4. The lowest BCUT2D eigenvalue weighted by atomic mass is 9.91. The summed E-state index contributed by atoms with van der Waals surface area (Å²) in [4.78, 5) is 10.8. The Hall–Kier alpha value is -6.94. The fourth-order valence-corrected chi connectivity index (χ4v) is 8.63. The van der Waals surface area contributed by atoms with Crippen molar-refractivity contribution in [2.75, 3.05) is 0 Å². The first kappa shape index (κ1) is 32.7. The van der Waals surface area contributed by atoms with E-state index >= 15 is 0 Å². The Morgan fingerprint density at radius 3 is 1.15 bits per heavy atom. The Morgan fingerprint density at radius 1 is 0.291 bits per heavy atom. The number of fused-ring (bicyclic) bond motifs is 3. The van der Waals surface area contributed by atoms with Crippen molar-refractivity contribution < 1.29 is 0 Å². The summed E-state index contributed by atoms with van der Waals surface area (Å²) in [6, 6.07) is 73.5. The first-order chi connectivity index (χ1) is 27.2. The van der Waals surface area contributed by atoms with Gasteiger partial charge in [-0.3, -0.25) is 0 Å². The quantitative estimate of drug-likeness (QED) is 0.164. The Balaban J connectivity index is 1.20. The molecule has 8 aromatic carbocycles. The van der Waals surface area contributed by atoms with Crippen molar-refractivity contribution in [3.8, 4) is 78.3 Å². The van der Waals surface area contributed by atoms with Gasteiger partial charge in [-0.05, 0) is 98.1 Å². The number of thiophene rings is 1. The molecule has 0 saturated carbocycles. The van der Waals surface area contributed by atoms with E-state index in [-0.39, 0.29) is 0 Å². The van der Waals surface area contributed by atoms with Crippen LogP contribution in [0.5, 0.6) is 0 Å². The lowest BCUT2D eigenvalue weighted by molar-refractivity contribution is 1.24. The van der Waals surface area contributed by atoms with Gasteiger partial charge in [0.2, 0.25) is 0 Å². The molecule has 0 spiro atoms. The molecule has 0 unspecified atom stereocenters. The molecule has 10 rings (SSSR count). The van der Waals surface area contributed by atoms with Crippen LogP contribution < -0.4 is 0 Å². The van der Waals surface area contributed by atoms with E-state index in [1.165, 1.54) is 38.1 Å². The van der Waals surface area contributed by atoms with Gasteiger partial charge in [0.15, 0.2) is 5.82 Å². The van der Waals surface area contributed by atoms with Crippen LogP contribution in [0.2, 0.25) is 0 Å². The number of hydrogen-bond donors (Lipinski definition) is 0. The van der Waals surface area contributed by atoms with E-state index in [4.69, 9.17) is 9.97 Å². The van der Waals surface area contributed by atoms with Gasteiger partial charge in [-0.2, -0.15) is 0 Å². The lowest BCUT2D eigenvalue weighted by Gasteiger charge is -2.15. The van der Waals surface area contributed by atoms with Crippen LogP contribution in [0, 0.1) is 0 Å². The van der Waals surface area contributed by atoms with Gasteiger partial charge in [0.25, 0.3) is 0 Å².